The molecule has 0 heterocycles. The molecule has 17 heavy (non-hydrogen) atoms. The smallest absolute Gasteiger partial charge is 0.335 e. The van der Waals surface area contributed by atoms with E-state index < -0.39 is 5.97 Å². The predicted molar refractivity (Wildman–Crippen MR) is 60.7 cm³/mol. The van der Waals surface area contributed by atoms with E-state index >= 15 is 0 Å². The van der Waals surface area contributed by atoms with Crippen LogP contribution < -0.4 is 9.47 Å². The van der Waals surface area contributed by atoms with Crippen LogP contribution in [0.4, 0.5) is 0 Å². The van der Waals surface area contributed by atoms with Gasteiger partial charge in [-0.25, -0.2) is 4.79 Å². The molecule has 2 aliphatic carbocycles. The summed E-state index contributed by atoms with van der Waals surface area (Å²) in [7, 11) is 0. The zero-order valence-corrected chi connectivity index (χ0v) is 9.39. The fourth-order valence-corrected chi connectivity index (χ4v) is 1.59. The second kappa shape index (κ2) is 3.95. The van der Waals surface area contributed by atoms with Gasteiger partial charge < -0.3 is 14.6 Å². The quantitative estimate of drug-likeness (QED) is 0.850. The molecule has 0 spiro atoms. The largest absolute Gasteiger partial charge is 0.490 e. The van der Waals surface area contributed by atoms with Gasteiger partial charge in [-0.15, -0.1) is 0 Å². The predicted octanol–water partition coefficient (Wildman–Crippen LogP) is 2.47. The minimum atomic E-state index is -0.952. The third-order valence-corrected chi connectivity index (χ3v) is 2.78. The monoisotopic (exact) mass is 234 g/mol. The van der Waals surface area contributed by atoms with Crippen LogP contribution in [0.3, 0.4) is 0 Å². The van der Waals surface area contributed by atoms with E-state index in [1.54, 1.807) is 18.2 Å². The molecule has 1 N–H and O–H groups in total. The summed E-state index contributed by atoms with van der Waals surface area (Å²) in [6.07, 6.45) is 4.72. The maximum absolute atomic E-state index is 11.0. The number of hydrogen-bond donors (Lipinski definition) is 1. The number of carboxylic acids is 1. The van der Waals surface area contributed by atoms with Crippen molar-refractivity contribution < 1.29 is 19.4 Å². The summed E-state index contributed by atoms with van der Waals surface area (Å²) in [6.45, 7) is 0. The number of carbonyl (C=O) groups is 1. The Kier molecular flexibility index (Phi) is 2.42. The molecule has 0 radical (unpaired) electrons. The van der Waals surface area contributed by atoms with Gasteiger partial charge in [0.1, 0.15) is 11.5 Å². The van der Waals surface area contributed by atoms with Crippen LogP contribution >= 0.6 is 0 Å². The van der Waals surface area contributed by atoms with Crippen LogP contribution in [-0.2, 0) is 0 Å². The topological polar surface area (TPSA) is 55.8 Å². The van der Waals surface area contributed by atoms with Crippen molar-refractivity contribution in [3.8, 4) is 11.5 Å². The van der Waals surface area contributed by atoms with Gasteiger partial charge in [-0.1, -0.05) is 0 Å². The lowest BCUT2D eigenvalue weighted by Crippen LogP contribution is -2.03. The van der Waals surface area contributed by atoms with Crippen LogP contribution in [-0.4, -0.2) is 23.3 Å². The van der Waals surface area contributed by atoms with Crippen molar-refractivity contribution in [3.05, 3.63) is 23.8 Å². The van der Waals surface area contributed by atoms with Gasteiger partial charge in [0.05, 0.1) is 17.8 Å². The second-order valence-electron chi connectivity index (χ2n) is 4.63. The summed E-state index contributed by atoms with van der Waals surface area (Å²) < 4.78 is 11.2. The molecular weight excluding hydrogens is 220 g/mol. The van der Waals surface area contributed by atoms with E-state index in [4.69, 9.17) is 14.6 Å². The normalized spacial score (nSPS) is 18.8. The molecule has 3 rings (SSSR count). The molecule has 2 saturated carbocycles. The molecular formula is C13H14O4. The van der Waals surface area contributed by atoms with Crippen molar-refractivity contribution >= 4 is 5.97 Å². The molecule has 2 fully saturated rings. The number of carboxylic acid groups (broad SMARTS) is 1. The first-order valence-electron chi connectivity index (χ1n) is 5.92. The Morgan fingerprint density at radius 3 is 1.82 bits per heavy atom. The summed E-state index contributed by atoms with van der Waals surface area (Å²) in [5, 5.41) is 9.02. The lowest BCUT2D eigenvalue weighted by Gasteiger charge is -2.10. The Bertz CT molecular complexity index is 414. The Labute approximate surface area is 99.2 Å². The molecule has 0 unspecified atom stereocenters. The van der Waals surface area contributed by atoms with E-state index in [9.17, 15) is 4.79 Å². The number of aromatic carboxylic acids is 1. The van der Waals surface area contributed by atoms with Gasteiger partial charge in [0.25, 0.3) is 0 Å². The van der Waals surface area contributed by atoms with Crippen LogP contribution in [0.25, 0.3) is 0 Å². The van der Waals surface area contributed by atoms with Crippen LogP contribution in [0.1, 0.15) is 36.0 Å². The number of benzene rings is 1. The maximum atomic E-state index is 11.0. The average Bonchev–Trinajstić information content (AvgIpc) is 3.13. The van der Waals surface area contributed by atoms with Gasteiger partial charge >= 0.3 is 5.97 Å². The van der Waals surface area contributed by atoms with Crippen molar-refractivity contribution in [1.29, 1.82) is 0 Å². The summed E-state index contributed by atoms with van der Waals surface area (Å²) in [5.74, 6) is 0.248. The summed E-state index contributed by atoms with van der Waals surface area (Å²) >= 11 is 0. The average molecular weight is 234 g/mol. The van der Waals surface area contributed by atoms with Crippen LogP contribution in [0.15, 0.2) is 18.2 Å². The van der Waals surface area contributed by atoms with Crippen LogP contribution in [0.2, 0.25) is 0 Å². The van der Waals surface area contributed by atoms with E-state index in [1.807, 2.05) is 0 Å². The molecule has 0 aliphatic heterocycles. The fraction of sp³-hybridized carbons (Fsp3) is 0.462. The van der Waals surface area contributed by atoms with Crippen molar-refractivity contribution in [2.75, 3.05) is 0 Å². The van der Waals surface area contributed by atoms with Gasteiger partial charge in [-0.05, 0) is 37.8 Å². The molecule has 0 bridgehead atoms. The zero-order chi connectivity index (χ0) is 11.8. The number of ether oxygens (including phenoxy) is 2. The van der Waals surface area contributed by atoms with Crippen molar-refractivity contribution in [2.45, 2.75) is 37.9 Å². The molecule has 0 amide bonds. The lowest BCUT2D eigenvalue weighted by molar-refractivity contribution is 0.0695. The Morgan fingerprint density at radius 1 is 1.00 bits per heavy atom. The molecule has 0 atom stereocenters. The zero-order valence-electron chi connectivity index (χ0n) is 9.39. The Hall–Kier alpha value is -1.71. The number of hydrogen-bond acceptors (Lipinski definition) is 3. The third kappa shape index (κ3) is 2.70. The maximum Gasteiger partial charge on any atom is 0.335 e. The van der Waals surface area contributed by atoms with Crippen molar-refractivity contribution in [3.63, 3.8) is 0 Å². The molecule has 1 aromatic rings. The van der Waals surface area contributed by atoms with Gasteiger partial charge in [-0.2, -0.15) is 0 Å². The van der Waals surface area contributed by atoms with E-state index in [-0.39, 0.29) is 17.8 Å². The van der Waals surface area contributed by atoms with E-state index in [2.05, 4.69) is 0 Å². The van der Waals surface area contributed by atoms with Gasteiger partial charge in [0.2, 0.25) is 0 Å². The van der Waals surface area contributed by atoms with Gasteiger partial charge in [0.15, 0.2) is 0 Å². The standard InChI is InChI=1S/C13H14O4/c14-13(15)8-5-11(16-9-1-2-9)7-12(6-8)17-10-3-4-10/h5-7,9-10H,1-4H2,(H,14,15). The highest BCUT2D eigenvalue weighted by Crippen LogP contribution is 2.33. The van der Waals surface area contributed by atoms with Crippen molar-refractivity contribution in [2.24, 2.45) is 0 Å². The second-order valence-corrected chi connectivity index (χ2v) is 4.63. The fourth-order valence-electron chi connectivity index (χ4n) is 1.59. The lowest BCUT2D eigenvalue weighted by atomic mass is 10.2. The van der Waals surface area contributed by atoms with E-state index in [0.29, 0.717) is 11.5 Å². The highest BCUT2D eigenvalue weighted by molar-refractivity contribution is 5.88. The van der Waals surface area contributed by atoms with Crippen LogP contribution in [0, 0.1) is 0 Å². The SMILES string of the molecule is O=C(O)c1cc(OC2CC2)cc(OC2CC2)c1. The molecule has 90 valence electrons. The number of rotatable bonds is 5. The molecule has 0 aromatic heterocycles. The van der Waals surface area contributed by atoms with Gasteiger partial charge in [0, 0.05) is 6.07 Å². The molecule has 1 aromatic carbocycles. The first-order valence-corrected chi connectivity index (χ1v) is 5.92. The minimum absolute atomic E-state index is 0.221. The van der Waals surface area contributed by atoms with E-state index in [1.165, 1.54) is 0 Å². The molecule has 0 saturated heterocycles. The summed E-state index contributed by atoms with van der Waals surface area (Å²) in [6, 6.07) is 4.89. The Morgan fingerprint density at radius 2 is 1.47 bits per heavy atom. The molecule has 4 nitrogen and oxygen atoms in total. The Balaban J connectivity index is 1.84. The van der Waals surface area contributed by atoms with Gasteiger partial charge in [-0.3, -0.25) is 0 Å². The highest BCUT2D eigenvalue weighted by Gasteiger charge is 2.26. The highest BCUT2D eigenvalue weighted by atomic mass is 16.5. The third-order valence-electron chi connectivity index (χ3n) is 2.78. The molecule has 2 aliphatic rings. The first-order chi connectivity index (χ1) is 8.20. The van der Waals surface area contributed by atoms with Crippen LogP contribution in [0.5, 0.6) is 11.5 Å². The van der Waals surface area contributed by atoms with Crippen molar-refractivity contribution in [1.82, 2.24) is 0 Å². The minimum Gasteiger partial charge on any atom is -0.490 e. The first kappa shape index (κ1) is 10.4. The summed E-state index contributed by atoms with van der Waals surface area (Å²) in [4.78, 5) is 11.0. The molecule has 4 heteroatoms. The van der Waals surface area contributed by atoms with E-state index in [0.717, 1.165) is 25.7 Å². The summed E-state index contributed by atoms with van der Waals surface area (Å²) in [5.41, 5.74) is 0.221.